The van der Waals surface area contributed by atoms with E-state index in [9.17, 15) is 61.6 Å². The van der Waals surface area contributed by atoms with E-state index in [0.717, 1.165) is 12.2 Å². The monoisotopic (exact) mass is 450 g/mol. The first-order valence-corrected chi connectivity index (χ1v) is 8.49. The molecule has 0 unspecified atom stereocenters. The summed E-state index contributed by atoms with van der Waals surface area (Å²) in [7, 11) is -4.07. The summed E-state index contributed by atoms with van der Waals surface area (Å²) in [4.78, 5) is 0. The average Bonchev–Trinajstić information content (AvgIpc) is 2.90. The van der Waals surface area contributed by atoms with Gasteiger partial charge in [0.15, 0.2) is 0 Å². The zero-order chi connectivity index (χ0) is 21.7. The van der Waals surface area contributed by atoms with Crippen molar-refractivity contribution in [3.05, 3.63) is 12.2 Å². The van der Waals surface area contributed by atoms with Crippen LogP contribution in [0.3, 0.4) is 0 Å². The van der Waals surface area contributed by atoms with Crippen molar-refractivity contribution in [2.24, 2.45) is 0 Å². The first kappa shape index (κ1) is 24.1. The van der Waals surface area contributed by atoms with Crippen LogP contribution in [0.5, 0.6) is 0 Å². The van der Waals surface area contributed by atoms with Crippen molar-refractivity contribution >= 4 is 7.37 Å². The van der Waals surface area contributed by atoms with Crippen molar-refractivity contribution in [2.45, 2.75) is 35.8 Å². The van der Waals surface area contributed by atoms with Gasteiger partial charge in [-0.15, -0.1) is 0 Å². The summed E-state index contributed by atoms with van der Waals surface area (Å²) in [5, 5.41) is 0. The fourth-order valence-corrected chi connectivity index (χ4v) is 3.44. The molecule has 0 aromatic carbocycles. The fourth-order valence-electron chi connectivity index (χ4n) is 1.74. The van der Waals surface area contributed by atoms with E-state index >= 15 is 0 Å². The van der Waals surface area contributed by atoms with Crippen LogP contribution in [0.25, 0.3) is 0 Å². The Labute approximate surface area is 141 Å². The molecule has 16 heteroatoms. The van der Waals surface area contributed by atoms with E-state index in [4.69, 9.17) is 0 Å². The minimum Gasteiger partial charge on any atom is -0.321 e. The third-order valence-electron chi connectivity index (χ3n) is 3.41. The van der Waals surface area contributed by atoms with Gasteiger partial charge in [0, 0.05) is 12.3 Å². The topological polar surface area (TPSA) is 26.3 Å². The lowest BCUT2D eigenvalue weighted by Gasteiger charge is -2.39. The Morgan fingerprint density at radius 2 is 1.04 bits per heavy atom. The Morgan fingerprint density at radius 1 is 0.667 bits per heavy atom. The summed E-state index contributed by atoms with van der Waals surface area (Å²) in [6, 6.07) is 0. The lowest BCUT2D eigenvalue weighted by Crippen LogP contribution is -2.70. The zero-order valence-electron chi connectivity index (χ0n) is 12.5. The molecule has 0 radical (unpaired) electrons. The van der Waals surface area contributed by atoms with Crippen LogP contribution in [-0.2, 0) is 9.09 Å². The van der Waals surface area contributed by atoms with Gasteiger partial charge in [0.25, 0.3) is 0 Å². The second-order valence-corrected chi connectivity index (χ2v) is 8.04. The molecule has 1 aliphatic heterocycles. The third kappa shape index (κ3) is 3.68. The highest BCUT2D eigenvalue weighted by Crippen LogP contribution is 2.61. The summed E-state index contributed by atoms with van der Waals surface area (Å²) in [6.45, 7) is -2.89. The number of allylic oxidation sites excluding steroid dienone is 2. The van der Waals surface area contributed by atoms with Crippen molar-refractivity contribution in [3.63, 3.8) is 0 Å². The predicted octanol–water partition coefficient (Wildman–Crippen LogP) is 5.59. The van der Waals surface area contributed by atoms with Crippen molar-refractivity contribution in [1.29, 1.82) is 0 Å². The van der Waals surface area contributed by atoms with Gasteiger partial charge in [-0.3, -0.25) is 4.57 Å². The third-order valence-corrected chi connectivity index (χ3v) is 5.55. The maximum atomic E-state index is 13.4. The highest BCUT2D eigenvalue weighted by Gasteiger charge is 2.90. The Bertz CT molecular complexity index is 625. The van der Waals surface area contributed by atoms with Gasteiger partial charge in [-0.2, -0.15) is 57.1 Å². The van der Waals surface area contributed by atoms with E-state index in [1.807, 2.05) is 0 Å². The number of halogens is 13. The summed E-state index contributed by atoms with van der Waals surface area (Å²) in [5.74, 6) is -37.4. The van der Waals surface area contributed by atoms with Crippen molar-refractivity contribution in [3.8, 4) is 0 Å². The van der Waals surface area contributed by atoms with Gasteiger partial charge in [0.05, 0.1) is 0 Å². The highest BCUT2D eigenvalue weighted by atomic mass is 31.2. The maximum absolute atomic E-state index is 13.4. The fraction of sp³-hybridized carbons (Fsp3) is 0.818. The van der Waals surface area contributed by atoms with E-state index in [-0.39, 0.29) is 0 Å². The number of alkyl halides is 13. The van der Waals surface area contributed by atoms with Gasteiger partial charge in [-0.25, -0.2) is 0 Å². The van der Waals surface area contributed by atoms with Crippen molar-refractivity contribution < 1.29 is 66.2 Å². The largest absolute Gasteiger partial charge is 0.460 e. The lowest BCUT2D eigenvalue weighted by atomic mass is 9.94. The van der Waals surface area contributed by atoms with Crippen LogP contribution in [0.4, 0.5) is 57.1 Å². The minimum atomic E-state index is -7.95. The summed E-state index contributed by atoms with van der Waals surface area (Å²) >= 11 is 0. The molecule has 1 heterocycles. The molecule has 1 aliphatic rings. The summed E-state index contributed by atoms with van der Waals surface area (Å²) in [6.07, 6.45) is -6.49. The van der Waals surface area contributed by atoms with Gasteiger partial charge >= 0.3 is 35.8 Å². The van der Waals surface area contributed by atoms with Gasteiger partial charge < -0.3 is 4.52 Å². The second kappa shape index (κ2) is 6.53. The molecule has 0 saturated heterocycles. The predicted molar refractivity (Wildman–Crippen MR) is 63.2 cm³/mol. The van der Waals surface area contributed by atoms with Crippen LogP contribution in [0.2, 0.25) is 0 Å². The molecule has 0 amide bonds. The van der Waals surface area contributed by atoms with E-state index in [1.54, 1.807) is 0 Å². The quantitative estimate of drug-likeness (QED) is 0.287. The van der Waals surface area contributed by atoms with Gasteiger partial charge in [-0.1, -0.05) is 12.2 Å². The molecule has 0 atom stereocenters. The Kier molecular flexibility index (Phi) is 5.82. The molecule has 2 nitrogen and oxygen atoms in total. The molecule has 0 fully saturated rings. The molecule has 0 aromatic heterocycles. The second-order valence-electron chi connectivity index (χ2n) is 5.42. The lowest BCUT2D eigenvalue weighted by molar-refractivity contribution is -0.440. The molecule has 0 spiro atoms. The molecule has 0 aliphatic carbocycles. The first-order chi connectivity index (χ1) is 11.7. The normalized spacial score (nSPS) is 19.6. The molecular formula is C11H8F13O2P. The molecule has 1 rings (SSSR count). The van der Waals surface area contributed by atoms with Crippen LogP contribution in [0.15, 0.2) is 12.2 Å². The number of hydrogen-bond acceptors (Lipinski definition) is 2. The Hall–Kier alpha value is -0.980. The van der Waals surface area contributed by atoms with E-state index in [0.29, 0.717) is 0 Å². The maximum Gasteiger partial charge on any atom is 0.460 e. The van der Waals surface area contributed by atoms with Gasteiger partial charge in [-0.05, 0) is 0 Å². The molecule has 160 valence electrons. The van der Waals surface area contributed by atoms with Crippen LogP contribution in [0, 0.1) is 0 Å². The molecule has 0 N–H and O–H groups in total. The average molecular weight is 450 g/mol. The summed E-state index contributed by atoms with van der Waals surface area (Å²) < 4.78 is 182. The Balaban J connectivity index is 3.22. The standard InChI is InChI=1S/C11H8F13O2P/c12-6(13,5-26-27(25)3-1-2-4-27)7(14,15)8(16,17)9(18,19)10(20,21)11(22,23)24/h1-2H,3-5H2. The SMILES string of the molecule is O=P1(OCC(F)(F)C(F)(F)C(F)(F)C(F)(F)C(F)(F)C(F)(F)F)CC=CC1. The van der Waals surface area contributed by atoms with E-state index in [1.165, 1.54) is 0 Å². The van der Waals surface area contributed by atoms with E-state index < -0.39 is 62.1 Å². The molecular weight excluding hydrogens is 442 g/mol. The highest BCUT2D eigenvalue weighted by molar-refractivity contribution is 7.59. The van der Waals surface area contributed by atoms with Gasteiger partial charge in [0.1, 0.15) is 6.61 Å². The zero-order valence-corrected chi connectivity index (χ0v) is 13.3. The molecule has 0 saturated carbocycles. The van der Waals surface area contributed by atoms with Crippen LogP contribution < -0.4 is 0 Å². The van der Waals surface area contributed by atoms with Crippen LogP contribution >= 0.6 is 7.37 Å². The minimum absolute atomic E-state index is 0.590. The van der Waals surface area contributed by atoms with Crippen LogP contribution in [-0.4, -0.2) is 54.7 Å². The van der Waals surface area contributed by atoms with Gasteiger partial charge in [0.2, 0.25) is 7.37 Å². The molecule has 27 heavy (non-hydrogen) atoms. The molecule has 0 bridgehead atoms. The van der Waals surface area contributed by atoms with Crippen molar-refractivity contribution in [1.82, 2.24) is 0 Å². The van der Waals surface area contributed by atoms with E-state index in [2.05, 4.69) is 4.52 Å². The first-order valence-electron chi connectivity index (χ1n) is 6.50. The summed E-state index contributed by atoms with van der Waals surface area (Å²) in [5.41, 5.74) is 0. The molecule has 0 aromatic rings. The Morgan fingerprint density at radius 3 is 1.41 bits per heavy atom. The van der Waals surface area contributed by atoms with Crippen molar-refractivity contribution in [2.75, 3.05) is 18.9 Å². The smallest absolute Gasteiger partial charge is 0.321 e. The number of hydrogen-bond donors (Lipinski definition) is 0. The number of rotatable bonds is 7. The van der Waals surface area contributed by atoms with Crippen LogP contribution in [0.1, 0.15) is 0 Å².